The summed E-state index contributed by atoms with van der Waals surface area (Å²) in [5, 5.41) is 11.4. The van der Waals surface area contributed by atoms with Gasteiger partial charge in [0, 0.05) is 14.2 Å². The van der Waals surface area contributed by atoms with Crippen LogP contribution in [-0.4, -0.2) is 48.5 Å². The molecule has 0 saturated carbocycles. The number of aromatic nitrogens is 3. The summed E-state index contributed by atoms with van der Waals surface area (Å²) in [6, 6.07) is 0. The van der Waals surface area contributed by atoms with E-state index in [-0.39, 0.29) is 11.6 Å². The molecule has 90 valence electrons. The number of hydrogen-bond acceptors (Lipinski definition) is 7. The number of methoxy groups -OCH3 is 2. The molecular formula is C8H13ClN4O2S. The molecule has 0 radical (unpaired) electrons. The third kappa shape index (κ3) is 3.75. The molecule has 0 bridgehead atoms. The number of anilines is 1. The molecule has 0 aromatic carbocycles. The summed E-state index contributed by atoms with van der Waals surface area (Å²) < 4.78 is 10.1. The minimum Gasteiger partial charge on any atom is -0.363 e. The van der Waals surface area contributed by atoms with Crippen LogP contribution in [0.5, 0.6) is 0 Å². The summed E-state index contributed by atoms with van der Waals surface area (Å²) in [5.41, 5.74) is 0. The first-order chi connectivity index (χ1) is 7.71. The molecular weight excluding hydrogens is 252 g/mol. The van der Waals surface area contributed by atoms with Gasteiger partial charge >= 0.3 is 0 Å². The van der Waals surface area contributed by atoms with Crippen molar-refractivity contribution in [3.63, 3.8) is 0 Å². The van der Waals surface area contributed by atoms with Crippen molar-refractivity contribution >= 4 is 29.2 Å². The monoisotopic (exact) mass is 264 g/mol. The molecule has 8 heteroatoms. The van der Waals surface area contributed by atoms with E-state index in [0.29, 0.717) is 17.4 Å². The Kier molecular flexibility index (Phi) is 5.75. The minimum atomic E-state index is -0.344. The topological polar surface area (TPSA) is 69.2 Å². The fourth-order valence-electron chi connectivity index (χ4n) is 0.992. The summed E-state index contributed by atoms with van der Waals surface area (Å²) in [5.74, 6) is 0.576. The van der Waals surface area contributed by atoms with Crippen LogP contribution < -0.4 is 5.32 Å². The Balaban J connectivity index is 2.68. The molecule has 1 heterocycles. The number of halogens is 1. The molecule has 0 atom stereocenters. The Labute approximate surface area is 103 Å². The van der Waals surface area contributed by atoms with E-state index in [9.17, 15) is 0 Å². The Hall–Kier alpha value is -0.630. The maximum Gasteiger partial charge on any atom is 0.244 e. The highest BCUT2D eigenvalue weighted by Gasteiger charge is 2.10. The van der Waals surface area contributed by atoms with Crippen LogP contribution >= 0.6 is 23.4 Å². The van der Waals surface area contributed by atoms with E-state index >= 15 is 0 Å². The summed E-state index contributed by atoms with van der Waals surface area (Å²) >= 11 is 7.09. The smallest absolute Gasteiger partial charge is 0.244 e. The van der Waals surface area contributed by atoms with Gasteiger partial charge in [0.15, 0.2) is 17.1 Å². The zero-order valence-electron chi connectivity index (χ0n) is 9.23. The number of rotatable bonds is 6. The third-order valence-corrected chi connectivity index (χ3v) is 2.61. The predicted octanol–water partition coefficient (Wildman–Crippen LogP) is 1.28. The average molecular weight is 265 g/mol. The molecule has 0 unspecified atom stereocenters. The van der Waals surface area contributed by atoms with Gasteiger partial charge in [0.05, 0.1) is 6.54 Å². The lowest BCUT2D eigenvalue weighted by Crippen LogP contribution is -2.24. The largest absolute Gasteiger partial charge is 0.363 e. The van der Waals surface area contributed by atoms with E-state index in [1.54, 1.807) is 14.2 Å². The normalized spacial score (nSPS) is 10.8. The third-order valence-electron chi connectivity index (χ3n) is 1.79. The van der Waals surface area contributed by atoms with Crippen LogP contribution in [0.3, 0.4) is 0 Å². The molecule has 0 fully saturated rings. The van der Waals surface area contributed by atoms with Crippen LogP contribution in [0.2, 0.25) is 5.28 Å². The van der Waals surface area contributed by atoms with Gasteiger partial charge in [0.2, 0.25) is 5.28 Å². The van der Waals surface area contributed by atoms with Crippen LogP contribution in [0.1, 0.15) is 0 Å². The van der Waals surface area contributed by atoms with Crippen molar-refractivity contribution < 1.29 is 9.47 Å². The first-order valence-electron chi connectivity index (χ1n) is 4.45. The summed E-state index contributed by atoms with van der Waals surface area (Å²) in [6.45, 7) is 0.454. The van der Waals surface area contributed by atoms with Crippen molar-refractivity contribution in [2.45, 2.75) is 11.3 Å². The highest BCUT2D eigenvalue weighted by molar-refractivity contribution is 7.98. The minimum absolute atomic E-state index is 0.103. The van der Waals surface area contributed by atoms with Gasteiger partial charge in [0.1, 0.15) is 0 Å². The van der Waals surface area contributed by atoms with Crippen molar-refractivity contribution in [1.29, 1.82) is 0 Å². The van der Waals surface area contributed by atoms with Gasteiger partial charge in [-0.15, -0.1) is 22.0 Å². The highest BCUT2D eigenvalue weighted by Crippen LogP contribution is 2.20. The standard InChI is InChI=1S/C8H13ClN4O2S/c1-14-5(15-2)4-10-6-7(16-3)12-13-8(9)11-6/h5H,4H2,1-3H3,(H,10,11,13). The van der Waals surface area contributed by atoms with Crippen molar-refractivity contribution in [2.24, 2.45) is 0 Å². The zero-order valence-corrected chi connectivity index (χ0v) is 10.8. The first-order valence-corrected chi connectivity index (χ1v) is 6.05. The summed E-state index contributed by atoms with van der Waals surface area (Å²) in [4.78, 5) is 4.03. The fraction of sp³-hybridized carbons (Fsp3) is 0.625. The predicted molar refractivity (Wildman–Crippen MR) is 62.9 cm³/mol. The van der Waals surface area contributed by atoms with E-state index in [1.807, 2.05) is 6.26 Å². The Bertz CT molecular complexity index is 338. The fourth-order valence-corrected chi connectivity index (χ4v) is 1.55. The molecule has 0 saturated heterocycles. The molecule has 1 N–H and O–H groups in total. The van der Waals surface area contributed by atoms with Crippen LogP contribution in [0.25, 0.3) is 0 Å². The Morgan fingerprint density at radius 2 is 2.06 bits per heavy atom. The van der Waals surface area contributed by atoms with Gasteiger partial charge < -0.3 is 14.8 Å². The number of hydrogen-bond donors (Lipinski definition) is 1. The molecule has 1 aromatic heterocycles. The maximum atomic E-state index is 5.66. The lowest BCUT2D eigenvalue weighted by Gasteiger charge is -2.15. The lowest BCUT2D eigenvalue weighted by molar-refractivity contribution is -0.0914. The first kappa shape index (κ1) is 13.4. The molecule has 0 spiro atoms. The van der Waals surface area contributed by atoms with E-state index in [1.165, 1.54) is 11.8 Å². The Morgan fingerprint density at radius 1 is 1.38 bits per heavy atom. The molecule has 16 heavy (non-hydrogen) atoms. The summed E-state index contributed by atoms with van der Waals surface area (Å²) in [7, 11) is 3.13. The SMILES string of the molecule is COC(CNc1nc(Cl)nnc1SC)OC. The van der Waals surface area contributed by atoms with Crippen LogP contribution in [0, 0.1) is 0 Å². The molecule has 1 rings (SSSR count). The van der Waals surface area contributed by atoms with Gasteiger partial charge in [0.25, 0.3) is 0 Å². The van der Waals surface area contributed by atoms with E-state index in [2.05, 4.69) is 20.5 Å². The van der Waals surface area contributed by atoms with Crippen LogP contribution in [0.15, 0.2) is 5.03 Å². The second-order valence-electron chi connectivity index (χ2n) is 2.72. The highest BCUT2D eigenvalue weighted by atomic mass is 35.5. The molecule has 0 aliphatic carbocycles. The second-order valence-corrected chi connectivity index (χ2v) is 3.85. The number of nitrogens with zero attached hydrogens (tertiary/aromatic N) is 3. The molecule has 1 aromatic rings. The van der Waals surface area contributed by atoms with Crippen LogP contribution in [0.4, 0.5) is 5.82 Å². The summed E-state index contributed by atoms with van der Waals surface area (Å²) in [6.07, 6.45) is 1.54. The quantitative estimate of drug-likeness (QED) is 0.613. The number of thioether (sulfide) groups is 1. The molecule has 0 aliphatic rings. The van der Waals surface area contributed by atoms with E-state index < -0.39 is 0 Å². The zero-order chi connectivity index (χ0) is 12.0. The number of ether oxygens (including phenoxy) is 2. The number of nitrogens with one attached hydrogen (secondary N) is 1. The van der Waals surface area contributed by atoms with E-state index in [4.69, 9.17) is 21.1 Å². The lowest BCUT2D eigenvalue weighted by atomic mass is 10.5. The molecule has 0 aliphatic heterocycles. The van der Waals surface area contributed by atoms with Crippen LogP contribution in [-0.2, 0) is 9.47 Å². The maximum absolute atomic E-state index is 5.66. The van der Waals surface area contributed by atoms with Gasteiger partial charge in [-0.1, -0.05) is 0 Å². The van der Waals surface area contributed by atoms with Crippen molar-refractivity contribution in [3.8, 4) is 0 Å². The van der Waals surface area contributed by atoms with Crippen molar-refractivity contribution in [3.05, 3.63) is 5.28 Å². The van der Waals surface area contributed by atoms with Gasteiger partial charge in [-0.2, -0.15) is 4.98 Å². The molecule has 0 amide bonds. The Morgan fingerprint density at radius 3 is 2.62 bits per heavy atom. The van der Waals surface area contributed by atoms with Crippen molar-refractivity contribution in [2.75, 3.05) is 32.3 Å². The van der Waals surface area contributed by atoms with Gasteiger partial charge in [-0.25, -0.2) is 0 Å². The van der Waals surface area contributed by atoms with Gasteiger partial charge in [-0.05, 0) is 17.9 Å². The molecule has 6 nitrogen and oxygen atoms in total. The van der Waals surface area contributed by atoms with Gasteiger partial charge in [-0.3, -0.25) is 0 Å². The average Bonchev–Trinajstić information content (AvgIpc) is 2.30. The van der Waals surface area contributed by atoms with E-state index in [0.717, 1.165) is 0 Å². The van der Waals surface area contributed by atoms with Crippen molar-refractivity contribution in [1.82, 2.24) is 15.2 Å². The second kappa shape index (κ2) is 6.85.